The van der Waals surface area contributed by atoms with E-state index >= 15 is 0 Å². The van der Waals surface area contributed by atoms with Crippen LogP contribution in [0.1, 0.15) is 29.4 Å². The van der Waals surface area contributed by atoms with Crippen LogP contribution in [0.3, 0.4) is 0 Å². The first-order valence-corrected chi connectivity index (χ1v) is 13.3. The second-order valence-corrected chi connectivity index (χ2v) is 12.2. The Kier molecular flexibility index (Phi) is 5.35. The summed E-state index contributed by atoms with van der Waals surface area (Å²) >= 11 is 0. The number of methoxy groups -OCH3 is 1. The summed E-state index contributed by atoms with van der Waals surface area (Å²) in [5, 5.41) is 7.15. The summed E-state index contributed by atoms with van der Waals surface area (Å²) in [5.41, 5.74) is 1.54. The third-order valence-corrected chi connectivity index (χ3v) is 8.99. The molecule has 3 heterocycles. The summed E-state index contributed by atoms with van der Waals surface area (Å²) in [6.07, 6.45) is 0.802. The Morgan fingerprint density at radius 2 is 1.73 bits per heavy atom. The molecular formula is C19H23N3O6S2. The van der Waals surface area contributed by atoms with Crippen molar-refractivity contribution in [2.45, 2.75) is 24.9 Å². The SMILES string of the molecule is COc1ccc(-c2cc(C(=O)N[C@H]3CCS(=O)(=O)C3)nn2[C@H]2CCS(=O)(=O)C2)cc1. The van der Waals surface area contributed by atoms with Crippen LogP contribution in [0, 0.1) is 0 Å². The Labute approximate surface area is 175 Å². The second-order valence-electron chi connectivity index (χ2n) is 7.72. The van der Waals surface area contributed by atoms with Crippen molar-refractivity contribution >= 4 is 25.6 Å². The molecule has 11 heteroatoms. The fraction of sp³-hybridized carbons (Fsp3) is 0.474. The van der Waals surface area contributed by atoms with Crippen LogP contribution in [0.4, 0.5) is 0 Å². The number of amides is 1. The lowest BCUT2D eigenvalue weighted by Gasteiger charge is -2.13. The topological polar surface area (TPSA) is 124 Å². The average Bonchev–Trinajstić information content (AvgIpc) is 3.38. The maximum absolute atomic E-state index is 12.7. The number of sulfone groups is 2. The molecule has 0 aliphatic carbocycles. The van der Waals surface area contributed by atoms with Gasteiger partial charge < -0.3 is 10.1 Å². The highest BCUT2D eigenvalue weighted by molar-refractivity contribution is 7.91. The molecule has 0 bridgehead atoms. The van der Waals surface area contributed by atoms with Crippen LogP contribution in [0.5, 0.6) is 5.75 Å². The van der Waals surface area contributed by atoms with Crippen molar-refractivity contribution in [3.05, 3.63) is 36.0 Å². The quantitative estimate of drug-likeness (QED) is 0.711. The van der Waals surface area contributed by atoms with Crippen molar-refractivity contribution in [1.29, 1.82) is 0 Å². The number of nitrogens with zero attached hydrogens (tertiary/aromatic N) is 2. The number of carbonyl (C=O) groups excluding carboxylic acids is 1. The molecule has 0 spiro atoms. The zero-order valence-corrected chi connectivity index (χ0v) is 18.1. The van der Waals surface area contributed by atoms with Crippen LogP contribution in [0.2, 0.25) is 0 Å². The normalized spacial score (nSPS) is 24.6. The van der Waals surface area contributed by atoms with Crippen LogP contribution in [0.25, 0.3) is 11.3 Å². The summed E-state index contributed by atoms with van der Waals surface area (Å²) in [6.45, 7) is 0. The largest absolute Gasteiger partial charge is 0.497 e. The van der Waals surface area contributed by atoms with Gasteiger partial charge in [0.05, 0.1) is 41.9 Å². The molecule has 1 N–H and O–H groups in total. The highest BCUT2D eigenvalue weighted by Crippen LogP contribution is 2.31. The van der Waals surface area contributed by atoms with Gasteiger partial charge in [-0.25, -0.2) is 16.8 Å². The van der Waals surface area contributed by atoms with E-state index in [0.29, 0.717) is 24.3 Å². The predicted octanol–water partition coefficient (Wildman–Crippen LogP) is 0.835. The number of nitrogens with one attached hydrogen (secondary N) is 1. The molecule has 4 rings (SSSR count). The Hall–Kier alpha value is -2.40. The lowest BCUT2D eigenvalue weighted by atomic mass is 10.1. The van der Waals surface area contributed by atoms with Crippen molar-refractivity contribution in [3.8, 4) is 17.0 Å². The van der Waals surface area contributed by atoms with Gasteiger partial charge >= 0.3 is 0 Å². The predicted molar refractivity (Wildman–Crippen MR) is 111 cm³/mol. The summed E-state index contributed by atoms with van der Waals surface area (Å²) < 4.78 is 54.1. The number of hydrogen-bond acceptors (Lipinski definition) is 7. The van der Waals surface area contributed by atoms with E-state index in [1.165, 1.54) is 0 Å². The number of rotatable bonds is 5. The van der Waals surface area contributed by atoms with Crippen LogP contribution in [-0.4, -0.2) is 68.7 Å². The molecule has 2 atom stereocenters. The molecule has 1 amide bonds. The van der Waals surface area contributed by atoms with E-state index in [1.54, 1.807) is 30.0 Å². The number of aromatic nitrogens is 2. The minimum atomic E-state index is -3.14. The van der Waals surface area contributed by atoms with Crippen molar-refractivity contribution in [3.63, 3.8) is 0 Å². The van der Waals surface area contributed by atoms with Crippen LogP contribution < -0.4 is 10.1 Å². The highest BCUT2D eigenvalue weighted by atomic mass is 32.2. The molecule has 2 aliphatic rings. The Balaban J connectivity index is 1.65. The van der Waals surface area contributed by atoms with E-state index in [1.807, 2.05) is 12.1 Å². The van der Waals surface area contributed by atoms with E-state index in [2.05, 4.69) is 10.4 Å². The Morgan fingerprint density at radius 3 is 2.30 bits per heavy atom. The van der Waals surface area contributed by atoms with Gasteiger partial charge in [0.15, 0.2) is 25.4 Å². The average molecular weight is 454 g/mol. The van der Waals surface area contributed by atoms with Gasteiger partial charge in [-0.15, -0.1) is 0 Å². The summed E-state index contributed by atoms with van der Waals surface area (Å²) in [6, 6.07) is 8.01. The zero-order chi connectivity index (χ0) is 21.5. The van der Waals surface area contributed by atoms with Gasteiger partial charge in [0, 0.05) is 11.6 Å². The molecule has 1 aromatic heterocycles. The van der Waals surface area contributed by atoms with E-state index in [9.17, 15) is 21.6 Å². The smallest absolute Gasteiger partial charge is 0.272 e. The molecule has 1 aromatic carbocycles. The molecule has 2 fully saturated rings. The third-order valence-electron chi connectivity index (χ3n) is 5.48. The maximum Gasteiger partial charge on any atom is 0.272 e. The van der Waals surface area contributed by atoms with Gasteiger partial charge in [0.2, 0.25) is 0 Å². The first-order valence-electron chi connectivity index (χ1n) is 9.61. The first-order chi connectivity index (χ1) is 14.2. The van der Waals surface area contributed by atoms with E-state index in [-0.39, 0.29) is 34.7 Å². The number of benzene rings is 1. The van der Waals surface area contributed by atoms with Gasteiger partial charge in [-0.3, -0.25) is 9.48 Å². The van der Waals surface area contributed by atoms with Gasteiger partial charge in [0.1, 0.15) is 5.75 Å². The lowest BCUT2D eigenvalue weighted by Crippen LogP contribution is -2.35. The Bertz CT molecular complexity index is 1170. The standard InChI is InChI=1S/C19H23N3O6S2/c1-28-16-4-2-13(3-5-16)18-10-17(19(23)20-14-6-8-29(24,25)11-14)21-22(18)15-7-9-30(26,27)12-15/h2-5,10,14-15H,6-9,11-12H2,1H3,(H,20,23)/t14-,15-/m0/s1. The molecule has 0 unspecified atom stereocenters. The van der Waals surface area contributed by atoms with E-state index in [4.69, 9.17) is 4.74 Å². The fourth-order valence-electron chi connectivity index (χ4n) is 3.90. The number of hydrogen-bond donors (Lipinski definition) is 1. The minimum absolute atomic E-state index is 0.0280. The summed E-state index contributed by atoms with van der Waals surface area (Å²) in [7, 11) is -4.70. The molecule has 2 aliphatic heterocycles. The highest BCUT2D eigenvalue weighted by Gasteiger charge is 2.33. The van der Waals surface area contributed by atoms with Crippen molar-refractivity contribution in [1.82, 2.24) is 15.1 Å². The van der Waals surface area contributed by atoms with Gasteiger partial charge in [0.25, 0.3) is 5.91 Å². The van der Waals surface area contributed by atoms with E-state index in [0.717, 1.165) is 5.56 Å². The zero-order valence-electron chi connectivity index (χ0n) is 16.4. The maximum atomic E-state index is 12.7. The molecule has 0 saturated carbocycles. The molecule has 0 radical (unpaired) electrons. The third kappa shape index (κ3) is 4.36. The molecular weight excluding hydrogens is 430 g/mol. The lowest BCUT2D eigenvalue weighted by molar-refractivity contribution is 0.0935. The van der Waals surface area contributed by atoms with Gasteiger partial charge in [-0.2, -0.15) is 5.10 Å². The van der Waals surface area contributed by atoms with Crippen LogP contribution >= 0.6 is 0 Å². The Morgan fingerprint density at radius 1 is 1.07 bits per heavy atom. The van der Waals surface area contributed by atoms with Gasteiger partial charge in [-0.05, 0) is 43.2 Å². The molecule has 162 valence electrons. The monoisotopic (exact) mass is 453 g/mol. The molecule has 9 nitrogen and oxygen atoms in total. The first kappa shape index (κ1) is 20.9. The van der Waals surface area contributed by atoms with Crippen molar-refractivity contribution < 1.29 is 26.4 Å². The number of ether oxygens (including phenoxy) is 1. The minimum Gasteiger partial charge on any atom is -0.497 e. The molecule has 2 aromatic rings. The summed E-state index contributed by atoms with van der Waals surface area (Å²) in [5.74, 6) is 0.246. The number of carbonyl (C=O) groups is 1. The summed E-state index contributed by atoms with van der Waals surface area (Å²) in [4.78, 5) is 12.7. The fourth-order valence-corrected chi connectivity index (χ4v) is 7.26. The molecule has 30 heavy (non-hydrogen) atoms. The van der Waals surface area contributed by atoms with Gasteiger partial charge in [-0.1, -0.05) is 0 Å². The van der Waals surface area contributed by atoms with Crippen molar-refractivity contribution in [2.75, 3.05) is 30.1 Å². The van der Waals surface area contributed by atoms with Crippen LogP contribution in [-0.2, 0) is 19.7 Å². The van der Waals surface area contributed by atoms with Crippen LogP contribution in [0.15, 0.2) is 30.3 Å². The second kappa shape index (κ2) is 7.69. The molecule has 2 saturated heterocycles. The van der Waals surface area contributed by atoms with E-state index < -0.39 is 31.6 Å². The van der Waals surface area contributed by atoms with Crippen molar-refractivity contribution in [2.24, 2.45) is 0 Å².